The number of carbonyl (C=O) groups is 1. The largest absolute Gasteiger partial charge is 0.508 e. The highest BCUT2D eigenvalue weighted by Gasteiger charge is 2.20. The highest BCUT2D eigenvalue weighted by atomic mass is 16.5. The van der Waals surface area contributed by atoms with Gasteiger partial charge in [-0.3, -0.25) is 4.79 Å². The Hall–Kier alpha value is -3.80. The number of hydrazone groups is 1. The van der Waals surface area contributed by atoms with Gasteiger partial charge < -0.3 is 14.7 Å². The minimum absolute atomic E-state index is 0.189. The molecule has 152 valence electrons. The molecule has 1 aliphatic heterocycles. The monoisotopic (exact) mass is 401 g/mol. The zero-order chi connectivity index (χ0) is 20.9. The van der Waals surface area contributed by atoms with E-state index in [0.29, 0.717) is 12.2 Å². The lowest BCUT2D eigenvalue weighted by molar-refractivity contribution is 0.0955. The Balaban J connectivity index is 1.39. The molecule has 0 aliphatic carbocycles. The Morgan fingerprint density at radius 2 is 1.80 bits per heavy atom. The van der Waals surface area contributed by atoms with Crippen molar-refractivity contribution in [2.24, 2.45) is 5.10 Å². The quantitative estimate of drug-likeness (QED) is 0.482. The maximum Gasteiger partial charge on any atom is 0.271 e. The van der Waals surface area contributed by atoms with E-state index in [0.717, 1.165) is 35.7 Å². The summed E-state index contributed by atoms with van der Waals surface area (Å²) in [6.07, 6.45) is 1.54. The normalized spacial score (nSPS) is 12.8. The third kappa shape index (κ3) is 4.43. The first-order valence-corrected chi connectivity index (χ1v) is 9.84. The van der Waals surface area contributed by atoms with Crippen LogP contribution in [0.4, 0.5) is 5.69 Å². The zero-order valence-electron chi connectivity index (χ0n) is 16.7. The lowest BCUT2D eigenvalue weighted by Gasteiger charge is -2.18. The van der Waals surface area contributed by atoms with Gasteiger partial charge in [0, 0.05) is 24.3 Å². The second-order valence-electron chi connectivity index (χ2n) is 7.06. The second-order valence-corrected chi connectivity index (χ2v) is 7.06. The number of phenols is 1. The fourth-order valence-corrected chi connectivity index (χ4v) is 3.43. The zero-order valence-corrected chi connectivity index (χ0v) is 16.7. The maximum atomic E-state index is 12.4. The van der Waals surface area contributed by atoms with Crippen LogP contribution in [0.1, 0.15) is 34.0 Å². The predicted molar refractivity (Wildman–Crippen MR) is 117 cm³/mol. The molecule has 0 saturated carbocycles. The molecule has 0 radical (unpaired) electrons. The lowest BCUT2D eigenvalue weighted by atomic mass is 10.1. The molecule has 0 saturated heterocycles. The van der Waals surface area contributed by atoms with Gasteiger partial charge >= 0.3 is 0 Å². The van der Waals surface area contributed by atoms with Crippen LogP contribution >= 0.6 is 0 Å². The third-order valence-corrected chi connectivity index (χ3v) is 4.98. The van der Waals surface area contributed by atoms with Crippen molar-refractivity contribution in [1.82, 2.24) is 5.43 Å². The van der Waals surface area contributed by atoms with Crippen LogP contribution < -0.4 is 15.1 Å². The van der Waals surface area contributed by atoms with E-state index in [-0.39, 0.29) is 11.7 Å². The third-order valence-electron chi connectivity index (χ3n) is 4.98. The summed E-state index contributed by atoms with van der Waals surface area (Å²) in [7, 11) is 0. The number of hydrogen-bond acceptors (Lipinski definition) is 5. The Morgan fingerprint density at radius 3 is 2.53 bits per heavy atom. The molecule has 0 spiro atoms. The number of rotatable bonds is 6. The van der Waals surface area contributed by atoms with Crippen molar-refractivity contribution in [3.05, 3.63) is 89.0 Å². The van der Waals surface area contributed by atoms with Crippen LogP contribution in [0.25, 0.3) is 0 Å². The summed E-state index contributed by atoms with van der Waals surface area (Å²) in [5.41, 5.74) is 7.39. The SMILES string of the molecule is CCOc1ccc(N2Cc3ccc(C(=O)N/N=C\c4ccc(O)cc4)cc3C2)cc1. The van der Waals surface area contributed by atoms with Crippen LogP contribution in [0.15, 0.2) is 71.8 Å². The van der Waals surface area contributed by atoms with E-state index in [9.17, 15) is 9.90 Å². The number of carbonyl (C=O) groups excluding carboxylic acids is 1. The van der Waals surface area contributed by atoms with E-state index in [2.05, 4.69) is 27.6 Å². The molecule has 2 N–H and O–H groups in total. The Bertz CT molecular complexity index is 1060. The molecule has 4 rings (SSSR count). The van der Waals surface area contributed by atoms with Gasteiger partial charge in [-0.25, -0.2) is 5.43 Å². The summed E-state index contributed by atoms with van der Waals surface area (Å²) in [5, 5.41) is 13.3. The molecule has 1 heterocycles. The molecular formula is C24H23N3O3. The molecule has 0 atom stereocenters. The first-order chi connectivity index (χ1) is 14.6. The molecule has 6 nitrogen and oxygen atoms in total. The highest BCUT2D eigenvalue weighted by Crippen LogP contribution is 2.30. The molecule has 0 fully saturated rings. The van der Waals surface area contributed by atoms with E-state index < -0.39 is 0 Å². The Morgan fingerprint density at radius 1 is 1.07 bits per heavy atom. The summed E-state index contributed by atoms with van der Waals surface area (Å²) >= 11 is 0. The van der Waals surface area contributed by atoms with Gasteiger partial charge in [-0.1, -0.05) is 6.07 Å². The topological polar surface area (TPSA) is 74.2 Å². The van der Waals surface area contributed by atoms with Crippen molar-refractivity contribution in [2.45, 2.75) is 20.0 Å². The van der Waals surface area contributed by atoms with E-state index in [1.165, 1.54) is 5.56 Å². The number of nitrogens with zero attached hydrogens (tertiary/aromatic N) is 2. The summed E-state index contributed by atoms with van der Waals surface area (Å²) in [6.45, 7) is 4.18. The van der Waals surface area contributed by atoms with Crippen LogP contribution in [0.5, 0.6) is 11.5 Å². The smallest absolute Gasteiger partial charge is 0.271 e. The first kappa shape index (κ1) is 19.5. The summed E-state index contributed by atoms with van der Waals surface area (Å²) in [5.74, 6) is 0.797. The van der Waals surface area contributed by atoms with Crippen LogP contribution in [0, 0.1) is 0 Å². The fourth-order valence-electron chi connectivity index (χ4n) is 3.43. The van der Waals surface area contributed by atoms with Crippen molar-refractivity contribution >= 4 is 17.8 Å². The molecule has 0 aromatic heterocycles. The fraction of sp³-hybridized carbons (Fsp3) is 0.167. The molecule has 0 unspecified atom stereocenters. The summed E-state index contributed by atoms with van der Waals surface area (Å²) in [6, 6.07) is 20.4. The van der Waals surface area contributed by atoms with E-state index in [4.69, 9.17) is 4.74 Å². The number of aromatic hydroxyl groups is 1. The van der Waals surface area contributed by atoms with Gasteiger partial charge in [-0.15, -0.1) is 0 Å². The molecule has 0 bridgehead atoms. The number of benzene rings is 3. The minimum Gasteiger partial charge on any atom is -0.508 e. The van der Waals surface area contributed by atoms with E-state index in [1.807, 2.05) is 37.3 Å². The molecule has 1 aliphatic rings. The van der Waals surface area contributed by atoms with E-state index in [1.54, 1.807) is 30.5 Å². The van der Waals surface area contributed by atoms with Gasteiger partial charge in [0.05, 0.1) is 12.8 Å². The number of amides is 1. The standard InChI is InChI=1S/C24H23N3O3/c1-2-30-23-11-7-21(8-12-23)27-15-19-6-5-18(13-20(19)16-27)24(29)26-25-14-17-3-9-22(28)10-4-17/h3-14,28H,2,15-16H2,1H3,(H,26,29)/b25-14-. The molecule has 6 heteroatoms. The van der Waals surface area contributed by atoms with Gasteiger partial charge in [-0.2, -0.15) is 5.10 Å². The van der Waals surface area contributed by atoms with Crippen LogP contribution in [0.2, 0.25) is 0 Å². The Kier molecular flexibility index (Phi) is 5.66. The Labute approximate surface area is 175 Å². The molecular weight excluding hydrogens is 378 g/mol. The van der Waals surface area contributed by atoms with Gasteiger partial charge in [0.25, 0.3) is 5.91 Å². The van der Waals surface area contributed by atoms with Crippen LogP contribution in [-0.4, -0.2) is 23.8 Å². The number of nitrogens with one attached hydrogen (secondary N) is 1. The van der Waals surface area contributed by atoms with Crippen molar-refractivity contribution in [3.8, 4) is 11.5 Å². The van der Waals surface area contributed by atoms with Crippen LogP contribution in [0.3, 0.4) is 0 Å². The van der Waals surface area contributed by atoms with Gasteiger partial charge in [0.1, 0.15) is 11.5 Å². The number of ether oxygens (including phenoxy) is 1. The lowest BCUT2D eigenvalue weighted by Crippen LogP contribution is -2.17. The number of phenolic OH excluding ortho intramolecular Hbond substituents is 1. The van der Waals surface area contributed by atoms with Crippen molar-refractivity contribution in [1.29, 1.82) is 0 Å². The minimum atomic E-state index is -0.257. The number of fused-ring (bicyclic) bond motifs is 1. The molecule has 3 aromatic rings. The van der Waals surface area contributed by atoms with Crippen molar-refractivity contribution < 1.29 is 14.6 Å². The van der Waals surface area contributed by atoms with Crippen molar-refractivity contribution in [3.63, 3.8) is 0 Å². The average Bonchev–Trinajstić information content (AvgIpc) is 3.19. The van der Waals surface area contributed by atoms with Gasteiger partial charge in [0.2, 0.25) is 0 Å². The molecule has 3 aromatic carbocycles. The van der Waals surface area contributed by atoms with Crippen molar-refractivity contribution in [2.75, 3.05) is 11.5 Å². The second kappa shape index (κ2) is 8.69. The van der Waals surface area contributed by atoms with Crippen LogP contribution in [-0.2, 0) is 13.1 Å². The van der Waals surface area contributed by atoms with Gasteiger partial charge in [0.15, 0.2) is 0 Å². The summed E-state index contributed by atoms with van der Waals surface area (Å²) < 4.78 is 5.51. The first-order valence-electron chi connectivity index (χ1n) is 9.84. The molecule has 1 amide bonds. The maximum absolute atomic E-state index is 12.4. The summed E-state index contributed by atoms with van der Waals surface area (Å²) in [4.78, 5) is 14.7. The van der Waals surface area contributed by atoms with E-state index >= 15 is 0 Å². The molecule has 30 heavy (non-hydrogen) atoms. The number of hydrogen-bond donors (Lipinski definition) is 2. The predicted octanol–water partition coefficient (Wildman–Crippen LogP) is 4.08. The number of anilines is 1. The highest BCUT2D eigenvalue weighted by molar-refractivity contribution is 5.95. The average molecular weight is 401 g/mol. The van der Waals surface area contributed by atoms with Gasteiger partial charge in [-0.05, 0) is 84.3 Å².